The van der Waals surface area contributed by atoms with Crippen molar-refractivity contribution >= 4 is 11.7 Å². The second-order valence-corrected chi connectivity index (χ2v) is 8.01. The normalized spacial score (nSPS) is 20.3. The van der Waals surface area contributed by atoms with E-state index in [1.807, 2.05) is 31.0 Å². The van der Waals surface area contributed by atoms with Gasteiger partial charge < -0.3 is 15.5 Å². The number of pyridine rings is 1. The Kier molecular flexibility index (Phi) is 5.73. The van der Waals surface area contributed by atoms with Crippen molar-refractivity contribution < 1.29 is 4.79 Å². The standard InChI is InChI=1S/C21H29N7O/c1-15-16(2)24-19(25-20(15)28-7-5-18(22)14-28)21(29)27-10-8-26(9-11-27)13-17-4-3-6-23-12-17/h3-4,6,12,18H,5,7-11,13-14,22H2,1-2H3/t18-/m1/s1. The summed E-state index contributed by atoms with van der Waals surface area (Å²) >= 11 is 0. The van der Waals surface area contributed by atoms with Gasteiger partial charge in [0.2, 0.25) is 5.82 Å². The van der Waals surface area contributed by atoms with Gasteiger partial charge in [-0.2, -0.15) is 0 Å². The van der Waals surface area contributed by atoms with Gasteiger partial charge in [-0.1, -0.05) is 6.07 Å². The zero-order chi connectivity index (χ0) is 20.4. The minimum Gasteiger partial charge on any atom is -0.355 e. The quantitative estimate of drug-likeness (QED) is 0.825. The lowest BCUT2D eigenvalue weighted by molar-refractivity contribution is 0.0616. The third kappa shape index (κ3) is 4.38. The number of carbonyl (C=O) groups is 1. The molecule has 0 aromatic carbocycles. The van der Waals surface area contributed by atoms with E-state index in [1.165, 1.54) is 5.56 Å². The predicted octanol–water partition coefficient (Wildman–Crippen LogP) is 0.984. The van der Waals surface area contributed by atoms with E-state index >= 15 is 0 Å². The van der Waals surface area contributed by atoms with Crippen molar-refractivity contribution in [2.45, 2.75) is 32.9 Å². The highest BCUT2D eigenvalue weighted by atomic mass is 16.2. The van der Waals surface area contributed by atoms with E-state index in [1.54, 1.807) is 6.20 Å². The molecule has 2 fully saturated rings. The molecule has 0 unspecified atom stereocenters. The Bertz CT molecular complexity index is 865. The van der Waals surface area contributed by atoms with Gasteiger partial charge in [-0.25, -0.2) is 9.97 Å². The van der Waals surface area contributed by atoms with Crippen molar-refractivity contribution in [3.63, 3.8) is 0 Å². The molecule has 0 radical (unpaired) electrons. The molecule has 2 aromatic heterocycles. The lowest BCUT2D eigenvalue weighted by Gasteiger charge is -2.34. The van der Waals surface area contributed by atoms with Crippen LogP contribution in [0.1, 0.15) is 33.9 Å². The third-order valence-electron chi connectivity index (χ3n) is 5.87. The topological polar surface area (TPSA) is 91.5 Å². The molecule has 0 spiro atoms. The number of piperazine rings is 1. The predicted molar refractivity (Wildman–Crippen MR) is 112 cm³/mol. The van der Waals surface area contributed by atoms with E-state index in [0.29, 0.717) is 18.9 Å². The van der Waals surface area contributed by atoms with Crippen LogP contribution in [-0.2, 0) is 6.54 Å². The summed E-state index contributed by atoms with van der Waals surface area (Å²) in [6.07, 6.45) is 4.63. The van der Waals surface area contributed by atoms with Crippen molar-refractivity contribution in [3.05, 3.63) is 47.2 Å². The Balaban J connectivity index is 1.43. The molecule has 1 amide bonds. The summed E-state index contributed by atoms with van der Waals surface area (Å²) in [6, 6.07) is 4.20. The van der Waals surface area contributed by atoms with Gasteiger partial charge in [-0.05, 0) is 31.9 Å². The monoisotopic (exact) mass is 395 g/mol. The highest BCUT2D eigenvalue weighted by molar-refractivity contribution is 5.91. The van der Waals surface area contributed by atoms with Crippen molar-refractivity contribution in [3.8, 4) is 0 Å². The van der Waals surface area contributed by atoms with Gasteiger partial charge in [-0.15, -0.1) is 0 Å². The fourth-order valence-electron chi connectivity index (χ4n) is 4.00. The summed E-state index contributed by atoms with van der Waals surface area (Å²) in [7, 11) is 0. The van der Waals surface area contributed by atoms with Gasteiger partial charge in [0, 0.05) is 75.5 Å². The van der Waals surface area contributed by atoms with Crippen molar-refractivity contribution in [2.75, 3.05) is 44.2 Å². The summed E-state index contributed by atoms with van der Waals surface area (Å²) in [5, 5.41) is 0. The Hall–Kier alpha value is -2.58. The second-order valence-electron chi connectivity index (χ2n) is 8.01. The van der Waals surface area contributed by atoms with Crippen molar-refractivity contribution in [2.24, 2.45) is 5.73 Å². The van der Waals surface area contributed by atoms with Crippen LogP contribution < -0.4 is 10.6 Å². The number of rotatable bonds is 4. The molecule has 29 heavy (non-hydrogen) atoms. The molecule has 0 bridgehead atoms. The van der Waals surface area contributed by atoms with Crippen LogP contribution in [0.4, 0.5) is 5.82 Å². The Morgan fingerprint density at radius 1 is 1.17 bits per heavy atom. The number of anilines is 1. The van der Waals surface area contributed by atoms with Crippen LogP contribution >= 0.6 is 0 Å². The fourth-order valence-corrected chi connectivity index (χ4v) is 4.00. The first-order chi connectivity index (χ1) is 14.0. The first kappa shape index (κ1) is 19.7. The van der Waals surface area contributed by atoms with Crippen LogP contribution in [0.2, 0.25) is 0 Å². The summed E-state index contributed by atoms with van der Waals surface area (Å²) in [6.45, 7) is 9.49. The molecule has 0 saturated carbocycles. The van der Waals surface area contributed by atoms with Crippen LogP contribution in [-0.4, -0.2) is 76.0 Å². The molecule has 2 aromatic rings. The fraction of sp³-hybridized carbons (Fsp3) is 0.524. The minimum atomic E-state index is -0.0844. The van der Waals surface area contributed by atoms with Gasteiger partial charge in [0.15, 0.2) is 0 Å². The van der Waals surface area contributed by atoms with Crippen molar-refractivity contribution in [1.29, 1.82) is 0 Å². The van der Waals surface area contributed by atoms with Crippen LogP contribution in [0.3, 0.4) is 0 Å². The number of aromatic nitrogens is 3. The number of hydrogen-bond donors (Lipinski definition) is 1. The first-order valence-corrected chi connectivity index (χ1v) is 10.3. The molecule has 4 heterocycles. The van der Waals surface area contributed by atoms with Crippen LogP contribution in [0, 0.1) is 13.8 Å². The molecule has 1 atom stereocenters. The summed E-state index contributed by atoms with van der Waals surface area (Å²) in [5.41, 5.74) is 9.14. The smallest absolute Gasteiger partial charge is 0.291 e. The Labute approximate surface area is 171 Å². The molecule has 2 saturated heterocycles. The van der Waals surface area contributed by atoms with Crippen LogP contribution in [0.5, 0.6) is 0 Å². The molecule has 8 heteroatoms. The maximum atomic E-state index is 13.1. The highest BCUT2D eigenvalue weighted by Crippen LogP contribution is 2.24. The van der Waals surface area contributed by atoms with Crippen molar-refractivity contribution in [1.82, 2.24) is 24.8 Å². The molecular formula is C21H29N7O. The van der Waals surface area contributed by atoms with Crippen LogP contribution in [0.25, 0.3) is 0 Å². The number of carbonyl (C=O) groups excluding carboxylic acids is 1. The number of amides is 1. The first-order valence-electron chi connectivity index (χ1n) is 10.3. The SMILES string of the molecule is Cc1nc(C(=O)N2CCN(Cc3cccnc3)CC2)nc(N2CC[C@@H](N)C2)c1C. The van der Waals surface area contributed by atoms with E-state index in [9.17, 15) is 4.79 Å². The summed E-state index contributed by atoms with van der Waals surface area (Å²) in [5.74, 6) is 1.06. The van der Waals surface area contributed by atoms with E-state index in [2.05, 4.69) is 30.8 Å². The summed E-state index contributed by atoms with van der Waals surface area (Å²) in [4.78, 5) is 32.8. The zero-order valence-corrected chi connectivity index (χ0v) is 17.2. The molecule has 154 valence electrons. The number of nitrogens with zero attached hydrogens (tertiary/aromatic N) is 6. The molecule has 8 nitrogen and oxygen atoms in total. The Morgan fingerprint density at radius 3 is 2.62 bits per heavy atom. The maximum Gasteiger partial charge on any atom is 0.291 e. The molecule has 0 aliphatic carbocycles. The van der Waals surface area contributed by atoms with Gasteiger partial charge in [-0.3, -0.25) is 14.7 Å². The molecular weight excluding hydrogens is 366 g/mol. The highest BCUT2D eigenvalue weighted by Gasteiger charge is 2.28. The Morgan fingerprint density at radius 2 is 1.97 bits per heavy atom. The zero-order valence-electron chi connectivity index (χ0n) is 17.2. The average Bonchev–Trinajstić information content (AvgIpc) is 3.17. The van der Waals surface area contributed by atoms with E-state index in [0.717, 1.165) is 56.2 Å². The van der Waals surface area contributed by atoms with Crippen LogP contribution in [0.15, 0.2) is 24.5 Å². The average molecular weight is 396 g/mol. The van der Waals surface area contributed by atoms with Gasteiger partial charge >= 0.3 is 0 Å². The minimum absolute atomic E-state index is 0.0844. The second kappa shape index (κ2) is 8.42. The molecule has 2 aliphatic rings. The molecule has 2 N–H and O–H groups in total. The van der Waals surface area contributed by atoms with E-state index in [4.69, 9.17) is 5.73 Å². The van der Waals surface area contributed by atoms with E-state index in [-0.39, 0.29) is 11.9 Å². The third-order valence-corrected chi connectivity index (χ3v) is 5.87. The van der Waals surface area contributed by atoms with Gasteiger partial charge in [0.25, 0.3) is 5.91 Å². The number of hydrogen-bond acceptors (Lipinski definition) is 7. The molecule has 2 aliphatic heterocycles. The number of aryl methyl sites for hydroxylation is 1. The number of nitrogens with two attached hydrogens (primary N) is 1. The van der Waals surface area contributed by atoms with Gasteiger partial charge in [0.1, 0.15) is 5.82 Å². The lowest BCUT2D eigenvalue weighted by atomic mass is 10.2. The van der Waals surface area contributed by atoms with Gasteiger partial charge in [0.05, 0.1) is 0 Å². The van der Waals surface area contributed by atoms with E-state index < -0.39 is 0 Å². The summed E-state index contributed by atoms with van der Waals surface area (Å²) < 4.78 is 0. The molecule has 4 rings (SSSR count). The lowest BCUT2D eigenvalue weighted by Crippen LogP contribution is -2.48. The largest absolute Gasteiger partial charge is 0.355 e. The maximum absolute atomic E-state index is 13.1.